The van der Waals surface area contributed by atoms with Crippen molar-refractivity contribution in [3.05, 3.63) is 0 Å². The normalized spacial score (nSPS) is 10.6. The van der Waals surface area contributed by atoms with Crippen molar-refractivity contribution in [2.24, 2.45) is 0 Å². The van der Waals surface area contributed by atoms with Crippen LogP contribution in [0, 0.1) is 0 Å². The molecule has 0 aromatic rings. The van der Waals surface area contributed by atoms with Gasteiger partial charge in [-0.2, -0.15) is 0 Å². The maximum atomic E-state index is 10.3. The number of unbranched alkanes of at least 4 members (excludes halogenated alkanes) is 42. The van der Waals surface area contributed by atoms with Crippen molar-refractivity contribution in [1.82, 2.24) is 0 Å². The van der Waals surface area contributed by atoms with Crippen LogP contribution in [-0.4, -0.2) is 206 Å². The number of rotatable bonds is 58. The number of hydrogen-bond acceptors (Lipinski definition) is 18. The van der Waals surface area contributed by atoms with Crippen LogP contribution in [0.1, 0.15) is 329 Å². The Balaban J connectivity index is -0.000000152. The summed E-state index contributed by atoms with van der Waals surface area (Å²) < 4.78 is 0. The molecule has 0 fully saturated rings. The van der Waals surface area contributed by atoms with Crippen molar-refractivity contribution in [3.63, 3.8) is 0 Å². The second kappa shape index (κ2) is 100. The fraction of sp³-hybridized carbons (Fsp3) is 0.957. The van der Waals surface area contributed by atoms with E-state index in [1.807, 2.05) is 0 Å². The predicted molar refractivity (Wildman–Crippen MR) is 362 cm³/mol. The summed E-state index contributed by atoms with van der Waals surface area (Å²) in [6, 6.07) is 0. The zero-order valence-electron chi connectivity index (χ0n) is 57.7. The zero-order valence-corrected chi connectivity index (χ0v) is 57.7. The first kappa shape index (κ1) is 104. The van der Waals surface area contributed by atoms with Crippen LogP contribution in [0.4, 0.5) is 0 Å². The highest BCUT2D eigenvalue weighted by molar-refractivity contribution is 5.67. The van der Waals surface area contributed by atoms with Crippen molar-refractivity contribution in [1.29, 1.82) is 0 Å². The second-order valence-electron chi connectivity index (χ2n) is 23.4. The van der Waals surface area contributed by atoms with Crippen LogP contribution >= 0.6 is 0 Å². The van der Waals surface area contributed by atoms with E-state index in [2.05, 4.69) is 20.8 Å². The summed E-state index contributed by atoms with van der Waals surface area (Å²) in [6.45, 7) is 3.16. The molecule has 0 spiro atoms. The summed E-state index contributed by atoms with van der Waals surface area (Å²) in [5, 5.41) is 146. The molecule has 21 heteroatoms. The highest BCUT2D eigenvalue weighted by Gasteiger charge is 2.02. The quantitative estimate of drug-likeness (QED) is 0.0252. The van der Waals surface area contributed by atoms with Gasteiger partial charge in [0.2, 0.25) is 0 Å². The summed E-state index contributed by atoms with van der Waals surface area (Å²) in [5.41, 5.74) is 0. The van der Waals surface area contributed by atoms with E-state index in [-0.39, 0.29) is 66.1 Å². The molecule has 0 atom stereocenters. The number of aliphatic carboxylic acids is 3. The van der Waals surface area contributed by atoms with E-state index < -0.39 is 48.4 Å². The monoisotopic (exact) mass is 1310 g/mol. The summed E-state index contributed by atoms with van der Waals surface area (Å²) in [7, 11) is 0. The molecule has 18 N–H and O–H groups in total. The van der Waals surface area contributed by atoms with Crippen molar-refractivity contribution < 1.29 is 106 Å². The van der Waals surface area contributed by atoms with Gasteiger partial charge in [-0.15, -0.1) is 0 Å². The fourth-order valence-corrected chi connectivity index (χ4v) is 8.23. The first-order valence-electron chi connectivity index (χ1n) is 35.5. The first-order valence-corrected chi connectivity index (χ1v) is 35.5. The van der Waals surface area contributed by atoms with Crippen LogP contribution in [0.25, 0.3) is 0 Å². The SMILES string of the molecule is CCCCCCCCCCCCCCCCCC(=O)O.CCCCCCCCCCCCCCCCCC(=O)O.CCCCCCCCCCCCCCCCCC(=O)O.OCC(O)CO.OCC(O)CO.OCC(O)CO.OCC(O)CO.OCC(O)CO. The first-order chi connectivity index (χ1) is 43.4. The van der Waals surface area contributed by atoms with Gasteiger partial charge in [0, 0.05) is 19.3 Å². The van der Waals surface area contributed by atoms with Gasteiger partial charge >= 0.3 is 17.9 Å². The Bertz CT molecular complexity index is 1060. The minimum absolute atomic E-state index is 0.345. The Morgan fingerprint density at radius 2 is 0.278 bits per heavy atom. The molecule has 0 aliphatic rings. The van der Waals surface area contributed by atoms with Crippen molar-refractivity contribution in [2.45, 2.75) is 359 Å². The number of carboxylic acids is 3. The molecule has 0 aromatic heterocycles. The van der Waals surface area contributed by atoms with E-state index in [0.717, 1.165) is 38.5 Å². The topological polar surface area (TPSA) is 415 Å². The lowest BCUT2D eigenvalue weighted by Crippen LogP contribution is -2.15. The predicted octanol–water partition coefficient (Wildman–Crippen LogP) is 10.7. The maximum absolute atomic E-state index is 10.3. The van der Waals surface area contributed by atoms with Crippen LogP contribution in [0.15, 0.2) is 0 Å². The van der Waals surface area contributed by atoms with Gasteiger partial charge in [0.15, 0.2) is 0 Å². The highest BCUT2D eigenvalue weighted by Crippen LogP contribution is 2.17. The van der Waals surface area contributed by atoms with Gasteiger partial charge in [-0.1, -0.05) is 290 Å². The molecule has 0 radical (unpaired) electrons. The van der Waals surface area contributed by atoms with Gasteiger partial charge in [-0.05, 0) is 19.3 Å². The highest BCUT2D eigenvalue weighted by atomic mass is 16.4. The Morgan fingerprint density at radius 3 is 0.344 bits per heavy atom. The van der Waals surface area contributed by atoms with E-state index in [1.54, 1.807) is 0 Å². The lowest BCUT2D eigenvalue weighted by atomic mass is 10.0. The van der Waals surface area contributed by atoms with Crippen LogP contribution in [0.2, 0.25) is 0 Å². The van der Waals surface area contributed by atoms with Gasteiger partial charge in [0.25, 0.3) is 0 Å². The summed E-state index contributed by atoms with van der Waals surface area (Å²) >= 11 is 0. The van der Waals surface area contributed by atoms with E-state index in [0.29, 0.717) is 19.3 Å². The standard InChI is InChI=1S/3C18H36O2.5C3H8O3/c3*1-2-3-4-5-6-7-8-9-10-11-12-13-14-15-16-17-18(19)20;5*4-1-3(6)2-5/h3*2-17H2,1H3,(H,19,20);5*3-6H,1-2H2. The molecule has 0 bridgehead atoms. The lowest BCUT2D eigenvalue weighted by Gasteiger charge is -2.03. The number of carboxylic acid groups (broad SMARTS) is 3. The van der Waals surface area contributed by atoms with E-state index in [9.17, 15) is 14.4 Å². The summed E-state index contributed by atoms with van der Waals surface area (Å²) in [6.07, 6.45) is 55.8. The van der Waals surface area contributed by atoms with Gasteiger partial charge in [0.05, 0.1) is 66.1 Å². The van der Waals surface area contributed by atoms with Gasteiger partial charge in [-0.3, -0.25) is 14.4 Å². The molecule has 0 rings (SSSR count). The van der Waals surface area contributed by atoms with E-state index >= 15 is 0 Å². The van der Waals surface area contributed by atoms with Crippen LogP contribution < -0.4 is 0 Å². The van der Waals surface area contributed by atoms with Crippen LogP contribution in [0.5, 0.6) is 0 Å². The average Bonchev–Trinajstić information content (AvgIpc) is 3.55. The Kier molecular flexibility index (Phi) is 116. The minimum atomic E-state index is -0.954. The molecule has 21 nitrogen and oxygen atoms in total. The molecular weight excluding hydrogens is 1160 g/mol. The van der Waals surface area contributed by atoms with Crippen LogP contribution in [0.3, 0.4) is 0 Å². The van der Waals surface area contributed by atoms with E-state index in [1.165, 1.54) is 250 Å². The number of aliphatic hydroxyl groups excluding tert-OH is 15. The molecule has 0 amide bonds. The van der Waals surface area contributed by atoms with Gasteiger partial charge in [0.1, 0.15) is 30.5 Å². The second-order valence-corrected chi connectivity index (χ2v) is 23.4. The van der Waals surface area contributed by atoms with Crippen LogP contribution in [-0.2, 0) is 14.4 Å². The molecule has 0 unspecified atom stereocenters. The third kappa shape index (κ3) is 130. The Hall–Kier alpha value is -2.19. The Morgan fingerprint density at radius 1 is 0.189 bits per heavy atom. The largest absolute Gasteiger partial charge is 0.481 e. The smallest absolute Gasteiger partial charge is 0.303 e. The number of carbonyl (C=O) groups is 3. The van der Waals surface area contributed by atoms with E-state index in [4.69, 9.17) is 91.9 Å². The van der Waals surface area contributed by atoms with Crippen molar-refractivity contribution >= 4 is 17.9 Å². The summed E-state index contributed by atoms with van der Waals surface area (Å²) in [5.74, 6) is -1.96. The lowest BCUT2D eigenvalue weighted by molar-refractivity contribution is -0.138. The van der Waals surface area contributed by atoms with Crippen molar-refractivity contribution in [3.8, 4) is 0 Å². The fourth-order valence-electron chi connectivity index (χ4n) is 8.23. The van der Waals surface area contributed by atoms with Crippen molar-refractivity contribution in [2.75, 3.05) is 66.1 Å². The number of hydrogen-bond donors (Lipinski definition) is 18. The molecule has 0 aliphatic carbocycles. The average molecular weight is 1310 g/mol. The Labute approximate surface area is 547 Å². The molecule has 90 heavy (non-hydrogen) atoms. The zero-order chi connectivity index (χ0) is 69.6. The molecule has 0 saturated carbocycles. The number of aliphatic hydroxyl groups is 15. The molecule has 0 aliphatic heterocycles. The molecule has 0 heterocycles. The molecular formula is C69H148O21. The summed E-state index contributed by atoms with van der Waals surface area (Å²) in [4.78, 5) is 31.0. The molecule has 550 valence electrons. The molecule has 0 saturated heterocycles. The third-order valence-corrected chi connectivity index (χ3v) is 14.1. The van der Waals surface area contributed by atoms with Gasteiger partial charge < -0.3 is 91.9 Å². The van der Waals surface area contributed by atoms with Gasteiger partial charge in [-0.25, -0.2) is 0 Å². The third-order valence-electron chi connectivity index (χ3n) is 14.1. The molecule has 0 aromatic carbocycles. The minimum Gasteiger partial charge on any atom is -0.481 e. The maximum Gasteiger partial charge on any atom is 0.303 e.